The van der Waals surface area contributed by atoms with Gasteiger partial charge in [0.2, 0.25) is 5.91 Å². The first-order chi connectivity index (χ1) is 9.15. The summed E-state index contributed by atoms with van der Waals surface area (Å²) in [5, 5.41) is 3.19. The third-order valence-corrected chi connectivity index (χ3v) is 4.52. The van der Waals surface area contributed by atoms with E-state index in [1.165, 1.54) is 0 Å². The van der Waals surface area contributed by atoms with Crippen molar-refractivity contribution in [1.82, 2.24) is 0 Å². The molecule has 0 unspecified atom stereocenters. The molecular formula is C14H18BrN3O. The van der Waals surface area contributed by atoms with Crippen molar-refractivity contribution in [2.24, 2.45) is 5.73 Å². The summed E-state index contributed by atoms with van der Waals surface area (Å²) in [6.07, 6.45) is 4.02. The second-order valence-corrected chi connectivity index (χ2v) is 6.26. The minimum atomic E-state index is 0.162. The van der Waals surface area contributed by atoms with Crippen LogP contribution in [0.25, 0.3) is 0 Å². The van der Waals surface area contributed by atoms with E-state index >= 15 is 0 Å². The van der Waals surface area contributed by atoms with E-state index in [9.17, 15) is 4.79 Å². The number of carbonyl (C=O) groups is 1. The van der Waals surface area contributed by atoms with Crippen LogP contribution in [0.15, 0.2) is 22.7 Å². The average Bonchev–Trinajstić information content (AvgIpc) is 2.40. The second kappa shape index (κ2) is 5.13. The van der Waals surface area contributed by atoms with E-state index < -0.39 is 0 Å². The first kappa shape index (κ1) is 12.9. The Balaban J connectivity index is 1.90. The van der Waals surface area contributed by atoms with E-state index in [2.05, 4.69) is 21.2 Å². The van der Waals surface area contributed by atoms with Gasteiger partial charge in [-0.25, -0.2) is 0 Å². The van der Waals surface area contributed by atoms with Crippen molar-refractivity contribution in [2.75, 3.05) is 16.8 Å². The number of fused-ring (bicyclic) bond motifs is 1. The number of anilines is 2. The van der Waals surface area contributed by atoms with Crippen molar-refractivity contribution in [3.05, 3.63) is 22.7 Å². The number of nitrogens with zero attached hydrogens (tertiary/aromatic N) is 1. The summed E-state index contributed by atoms with van der Waals surface area (Å²) in [5.41, 5.74) is 7.98. The summed E-state index contributed by atoms with van der Waals surface area (Å²) in [4.78, 5) is 14.2. The first-order valence-corrected chi connectivity index (χ1v) is 7.55. The molecule has 1 fully saturated rings. The number of halogens is 1. The summed E-state index contributed by atoms with van der Waals surface area (Å²) in [5.74, 6) is 0.162. The highest BCUT2D eigenvalue weighted by atomic mass is 79.9. The predicted molar refractivity (Wildman–Crippen MR) is 80.3 cm³/mol. The van der Waals surface area contributed by atoms with Crippen LogP contribution in [0.5, 0.6) is 0 Å². The lowest BCUT2D eigenvalue weighted by Gasteiger charge is -2.39. The Morgan fingerprint density at radius 3 is 2.74 bits per heavy atom. The summed E-state index contributed by atoms with van der Waals surface area (Å²) >= 11 is 3.47. The van der Waals surface area contributed by atoms with Crippen LogP contribution < -0.4 is 16.0 Å². The Morgan fingerprint density at radius 2 is 2.00 bits per heavy atom. The molecule has 0 saturated heterocycles. The fourth-order valence-electron chi connectivity index (χ4n) is 3.01. The van der Waals surface area contributed by atoms with Gasteiger partial charge in [-0.05, 0) is 43.9 Å². The third kappa shape index (κ3) is 2.49. The largest absolute Gasteiger partial charge is 0.374 e. The summed E-state index contributed by atoms with van der Waals surface area (Å²) in [6, 6.07) is 6.63. The van der Waals surface area contributed by atoms with Crippen LogP contribution in [0.3, 0.4) is 0 Å². The Hall–Kier alpha value is -1.07. The van der Waals surface area contributed by atoms with E-state index in [1.54, 1.807) is 0 Å². The van der Waals surface area contributed by atoms with Crippen molar-refractivity contribution in [3.63, 3.8) is 0 Å². The molecule has 1 saturated carbocycles. The van der Waals surface area contributed by atoms with Crippen LogP contribution >= 0.6 is 15.9 Å². The van der Waals surface area contributed by atoms with Gasteiger partial charge in [0.05, 0.1) is 17.9 Å². The van der Waals surface area contributed by atoms with Crippen molar-refractivity contribution in [1.29, 1.82) is 0 Å². The van der Waals surface area contributed by atoms with E-state index in [4.69, 9.17) is 5.73 Å². The molecule has 0 radical (unpaired) electrons. The first-order valence-electron chi connectivity index (χ1n) is 6.76. The molecule has 1 aromatic carbocycles. The van der Waals surface area contributed by atoms with Crippen LogP contribution in [0.1, 0.15) is 25.7 Å². The number of nitrogens with two attached hydrogens (primary N) is 1. The molecule has 0 spiro atoms. The number of rotatable bonds is 1. The molecule has 3 rings (SSSR count). The Bertz CT molecular complexity index is 497. The summed E-state index contributed by atoms with van der Waals surface area (Å²) in [7, 11) is 0. The van der Waals surface area contributed by atoms with Gasteiger partial charge < -0.3 is 16.0 Å². The minimum absolute atomic E-state index is 0.162. The fourth-order valence-corrected chi connectivity index (χ4v) is 3.37. The number of benzene rings is 1. The van der Waals surface area contributed by atoms with Crippen molar-refractivity contribution >= 4 is 33.2 Å². The van der Waals surface area contributed by atoms with Crippen LogP contribution in [0, 0.1) is 0 Å². The molecule has 102 valence electrons. The van der Waals surface area contributed by atoms with Crippen molar-refractivity contribution in [3.8, 4) is 0 Å². The molecule has 5 heteroatoms. The van der Waals surface area contributed by atoms with Crippen LogP contribution in [0.4, 0.5) is 11.4 Å². The monoisotopic (exact) mass is 323 g/mol. The maximum absolute atomic E-state index is 12.2. The SMILES string of the molecule is NC1CCC(N2C(=O)CNc3cc(Br)ccc32)CC1. The standard InChI is InChI=1S/C14H18BrN3O/c15-9-1-6-13-12(7-9)17-8-14(19)18(13)11-4-2-10(16)3-5-11/h1,6-7,10-11,17H,2-5,8,16H2. The summed E-state index contributed by atoms with van der Waals surface area (Å²) < 4.78 is 1.03. The minimum Gasteiger partial charge on any atom is -0.374 e. The number of carbonyl (C=O) groups excluding carboxylic acids is 1. The van der Waals surface area contributed by atoms with Gasteiger partial charge in [0.25, 0.3) is 0 Å². The van der Waals surface area contributed by atoms with Crippen LogP contribution in [0.2, 0.25) is 0 Å². The molecule has 1 amide bonds. The molecule has 19 heavy (non-hydrogen) atoms. The van der Waals surface area contributed by atoms with Gasteiger partial charge in [0, 0.05) is 16.6 Å². The maximum atomic E-state index is 12.2. The van der Waals surface area contributed by atoms with Crippen molar-refractivity contribution < 1.29 is 4.79 Å². The molecular weight excluding hydrogens is 306 g/mol. The van der Waals surface area contributed by atoms with Gasteiger partial charge in [-0.15, -0.1) is 0 Å². The highest BCUT2D eigenvalue weighted by Gasteiger charge is 2.32. The van der Waals surface area contributed by atoms with Gasteiger partial charge in [-0.1, -0.05) is 15.9 Å². The molecule has 2 aliphatic rings. The van der Waals surface area contributed by atoms with Crippen LogP contribution in [-0.4, -0.2) is 24.5 Å². The van der Waals surface area contributed by atoms with E-state index in [1.807, 2.05) is 23.1 Å². The molecule has 1 aromatic rings. The van der Waals surface area contributed by atoms with Gasteiger partial charge in [-0.2, -0.15) is 0 Å². The molecule has 1 aliphatic carbocycles. The maximum Gasteiger partial charge on any atom is 0.246 e. The molecule has 0 bridgehead atoms. The lowest BCUT2D eigenvalue weighted by atomic mass is 9.90. The molecule has 1 heterocycles. The molecule has 4 nitrogen and oxygen atoms in total. The topological polar surface area (TPSA) is 58.4 Å². The highest BCUT2D eigenvalue weighted by molar-refractivity contribution is 9.10. The van der Waals surface area contributed by atoms with Crippen LogP contribution in [-0.2, 0) is 4.79 Å². The zero-order valence-electron chi connectivity index (χ0n) is 10.7. The third-order valence-electron chi connectivity index (χ3n) is 4.02. The number of hydrogen-bond donors (Lipinski definition) is 2. The number of nitrogens with one attached hydrogen (secondary N) is 1. The lowest BCUT2D eigenvalue weighted by Crippen LogP contribution is -2.48. The van der Waals surface area contributed by atoms with Gasteiger partial charge in [0.15, 0.2) is 0 Å². The zero-order valence-corrected chi connectivity index (χ0v) is 12.3. The quantitative estimate of drug-likeness (QED) is 0.834. The zero-order chi connectivity index (χ0) is 13.4. The average molecular weight is 324 g/mol. The van der Waals surface area contributed by atoms with E-state index in [0.717, 1.165) is 41.5 Å². The normalized spacial score (nSPS) is 26.8. The van der Waals surface area contributed by atoms with Gasteiger partial charge >= 0.3 is 0 Å². The number of amides is 1. The molecule has 0 atom stereocenters. The Labute approximate surface area is 121 Å². The van der Waals surface area contributed by atoms with E-state index in [-0.39, 0.29) is 5.91 Å². The molecule has 3 N–H and O–H groups in total. The smallest absolute Gasteiger partial charge is 0.246 e. The van der Waals surface area contributed by atoms with Gasteiger partial charge in [-0.3, -0.25) is 4.79 Å². The predicted octanol–water partition coefficient (Wildman–Crippen LogP) is 2.48. The second-order valence-electron chi connectivity index (χ2n) is 5.35. The fraction of sp³-hybridized carbons (Fsp3) is 0.500. The number of hydrogen-bond acceptors (Lipinski definition) is 3. The Kier molecular flexibility index (Phi) is 3.50. The van der Waals surface area contributed by atoms with Crippen molar-refractivity contribution in [2.45, 2.75) is 37.8 Å². The lowest BCUT2D eigenvalue weighted by molar-refractivity contribution is -0.117. The Morgan fingerprint density at radius 1 is 1.26 bits per heavy atom. The van der Waals surface area contributed by atoms with E-state index in [0.29, 0.717) is 18.6 Å². The summed E-state index contributed by atoms with van der Waals surface area (Å²) in [6.45, 7) is 0.381. The highest BCUT2D eigenvalue weighted by Crippen LogP contribution is 2.36. The molecule has 1 aliphatic heterocycles. The molecule has 0 aromatic heterocycles. The van der Waals surface area contributed by atoms with Gasteiger partial charge in [0.1, 0.15) is 0 Å².